The molecule has 1 atom stereocenters. The molecular formula is C28H23ClN2O5S. The van der Waals surface area contributed by atoms with Gasteiger partial charge < -0.3 is 14.8 Å². The molecule has 0 fully saturated rings. The van der Waals surface area contributed by atoms with Gasteiger partial charge in [-0.1, -0.05) is 35.9 Å². The second-order valence-electron chi connectivity index (χ2n) is 9.03. The average molecular weight is 535 g/mol. The summed E-state index contributed by atoms with van der Waals surface area (Å²) in [5, 5.41) is 5.47. The number of hydrogen-bond acceptors (Lipinski definition) is 5. The van der Waals surface area contributed by atoms with Crippen LogP contribution in [-0.4, -0.2) is 34.1 Å². The zero-order valence-electron chi connectivity index (χ0n) is 19.9. The fourth-order valence-corrected chi connectivity index (χ4v) is 6.67. The molecule has 1 amide bonds. The quantitative estimate of drug-likeness (QED) is 0.380. The summed E-state index contributed by atoms with van der Waals surface area (Å²) in [4.78, 5) is 13.5. The van der Waals surface area contributed by atoms with Gasteiger partial charge in [0, 0.05) is 16.1 Å². The summed E-state index contributed by atoms with van der Waals surface area (Å²) in [5.74, 6) is 0.356. The number of carbonyl (C=O) groups is 1. The maximum atomic E-state index is 13.7. The smallest absolute Gasteiger partial charge is 0.267 e. The molecule has 0 aromatic heterocycles. The number of hydrogen-bond donors (Lipinski definition) is 1. The minimum atomic E-state index is -4.03. The van der Waals surface area contributed by atoms with Gasteiger partial charge in [-0.15, -0.1) is 0 Å². The topological polar surface area (TPSA) is 84.9 Å². The second kappa shape index (κ2) is 8.97. The van der Waals surface area contributed by atoms with Crippen LogP contribution >= 0.6 is 11.6 Å². The number of carbonyl (C=O) groups excluding carboxylic acids is 1. The molecule has 4 aromatic rings. The number of anilines is 2. The number of aryl methyl sites for hydroxylation is 2. The van der Waals surface area contributed by atoms with Crippen molar-refractivity contribution in [2.24, 2.45) is 0 Å². The largest absolute Gasteiger partial charge is 0.497 e. The third-order valence-electron chi connectivity index (χ3n) is 6.87. The van der Waals surface area contributed by atoms with E-state index >= 15 is 0 Å². The molecule has 0 saturated carbocycles. The molecule has 0 spiro atoms. The lowest BCUT2D eigenvalue weighted by Crippen LogP contribution is -2.48. The van der Waals surface area contributed by atoms with E-state index in [9.17, 15) is 13.2 Å². The van der Waals surface area contributed by atoms with Gasteiger partial charge in [-0.05, 0) is 77.9 Å². The summed E-state index contributed by atoms with van der Waals surface area (Å²) in [6.45, 7) is -0.213. The Labute approximate surface area is 219 Å². The lowest BCUT2D eigenvalue weighted by Gasteiger charge is -2.35. The van der Waals surface area contributed by atoms with E-state index in [-0.39, 0.29) is 22.9 Å². The fourth-order valence-electron chi connectivity index (χ4n) is 5.03. The van der Waals surface area contributed by atoms with Crippen molar-refractivity contribution in [3.05, 3.63) is 88.9 Å². The highest BCUT2D eigenvalue weighted by atomic mass is 35.5. The van der Waals surface area contributed by atoms with Crippen LogP contribution in [0.4, 0.5) is 11.4 Å². The van der Waals surface area contributed by atoms with E-state index in [0.717, 1.165) is 18.2 Å². The lowest BCUT2D eigenvalue weighted by atomic mass is 10.0. The highest BCUT2D eigenvalue weighted by Crippen LogP contribution is 2.40. The van der Waals surface area contributed by atoms with Crippen molar-refractivity contribution < 1.29 is 22.7 Å². The first-order chi connectivity index (χ1) is 17.8. The van der Waals surface area contributed by atoms with Crippen molar-refractivity contribution >= 4 is 49.7 Å². The number of fused-ring (bicyclic) bond motifs is 1. The Morgan fingerprint density at radius 1 is 1.03 bits per heavy atom. The van der Waals surface area contributed by atoms with E-state index in [1.165, 1.54) is 46.1 Å². The zero-order valence-corrected chi connectivity index (χ0v) is 21.5. The van der Waals surface area contributed by atoms with E-state index in [0.29, 0.717) is 16.5 Å². The van der Waals surface area contributed by atoms with Crippen LogP contribution in [0, 0.1) is 0 Å². The van der Waals surface area contributed by atoms with Crippen molar-refractivity contribution in [2.75, 3.05) is 23.3 Å². The first kappa shape index (κ1) is 23.6. The highest BCUT2D eigenvalue weighted by molar-refractivity contribution is 7.92. The van der Waals surface area contributed by atoms with Crippen LogP contribution in [0.1, 0.15) is 11.1 Å². The van der Waals surface area contributed by atoms with E-state index < -0.39 is 22.0 Å². The summed E-state index contributed by atoms with van der Waals surface area (Å²) in [6, 6.07) is 20.8. The number of rotatable bonds is 5. The maximum absolute atomic E-state index is 13.7. The van der Waals surface area contributed by atoms with Gasteiger partial charge in [-0.2, -0.15) is 0 Å². The van der Waals surface area contributed by atoms with Crippen LogP contribution in [0.15, 0.2) is 77.7 Å². The number of nitrogens with zero attached hydrogens (tertiary/aromatic N) is 1. The van der Waals surface area contributed by atoms with Gasteiger partial charge in [-0.25, -0.2) is 8.42 Å². The van der Waals surface area contributed by atoms with E-state index in [4.69, 9.17) is 21.1 Å². The molecule has 0 unspecified atom stereocenters. The van der Waals surface area contributed by atoms with Gasteiger partial charge in [0.2, 0.25) is 0 Å². The van der Waals surface area contributed by atoms with Crippen molar-refractivity contribution in [1.29, 1.82) is 0 Å². The molecule has 1 heterocycles. The first-order valence-electron chi connectivity index (χ1n) is 11.8. The molecule has 0 bridgehead atoms. The summed E-state index contributed by atoms with van der Waals surface area (Å²) >= 11 is 6.20. The maximum Gasteiger partial charge on any atom is 0.267 e. The molecule has 1 aliphatic carbocycles. The Kier molecular flexibility index (Phi) is 5.73. The van der Waals surface area contributed by atoms with Crippen molar-refractivity contribution in [2.45, 2.75) is 23.8 Å². The molecular weight excluding hydrogens is 512 g/mol. The van der Waals surface area contributed by atoms with Crippen molar-refractivity contribution in [1.82, 2.24) is 0 Å². The molecule has 1 aliphatic heterocycles. The Balaban J connectivity index is 1.35. The normalized spacial score (nSPS) is 16.3. The molecule has 4 aromatic carbocycles. The predicted molar refractivity (Wildman–Crippen MR) is 143 cm³/mol. The van der Waals surface area contributed by atoms with Gasteiger partial charge in [0.05, 0.1) is 24.2 Å². The van der Waals surface area contributed by atoms with Gasteiger partial charge in [0.25, 0.3) is 15.9 Å². The minimum absolute atomic E-state index is 0.0628. The highest BCUT2D eigenvalue weighted by Gasteiger charge is 2.38. The standard InChI is InChI=1S/C28H23ClN2O5S/c1-35-20-9-11-21(12-10-20)37(33,34)31-16-26(36-25-14-8-19(29)15-24(25)31)28(32)30-23-13-7-18-6-5-17-3-2-4-22(23)27(17)18/h2-4,7-15,26H,5-6,16H2,1H3,(H,30,32)/t26-/m0/s1. The summed E-state index contributed by atoms with van der Waals surface area (Å²) < 4.78 is 39.7. The predicted octanol–water partition coefficient (Wildman–Crippen LogP) is 5.20. The number of halogens is 1. The Morgan fingerprint density at radius 2 is 1.78 bits per heavy atom. The van der Waals surface area contributed by atoms with Gasteiger partial charge in [0.15, 0.2) is 6.10 Å². The first-order valence-corrected chi connectivity index (χ1v) is 13.6. The van der Waals surface area contributed by atoms with Crippen LogP contribution in [0.2, 0.25) is 5.02 Å². The molecule has 188 valence electrons. The number of ether oxygens (including phenoxy) is 2. The molecule has 9 heteroatoms. The van der Waals surface area contributed by atoms with Crippen molar-refractivity contribution in [3.63, 3.8) is 0 Å². The fraction of sp³-hybridized carbons (Fsp3) is 0.179. The number of nitrogens with one attached hydrogen (secondary N) is 1. The number of methoxy groups -OCH3 is 1. The zero-order chi connectivity index (χ0) is 25.7. The van der Waals surface area contributed by atoms with Crippen molar-refractivity contribution in [3.8, 4) is 11.5 Å². The SMILES string of the molecule is COc1ccc(S(=O)(=O)N2C[C@@H](C(=O)Nc3ccc4c5c(cccc35)CC4)Oc3ccc(Cl)cc32)cc1. The van der Waals surface area contributed by atoms with Gasteiger partial charge in [0.1, 0.15) is 11.5 Å². The van der Waals surface area contributed by atoms with Crippen LogP contribution in [-0.2, 0) is 27.7 Å². The van der Waals surface area contributed by atoms with E-state index in [1.807, 2.05) is 24.3 Å². The molecule has 2 aliphatic rings. The van der Waals surface area contributed by atoms with E-state index in [1.54, 1.807) is 24.3 Å². The Bertz CT molecular complexity index is 1640. The second-order valence-corrected chi connectivity index (χ2v) is 11.3. The summed E-state index contributed by atoms with van der Waals surface area (Å²) in [5.41, 5.74) is 3.47. The Hall–Kier alpha value is -3.75. The summed E-state index contributed by atoms with van der Waals surface area (Å²) in [6.07, 6.45) is 0.880. The number of sulfonamides is 1. The molecule has 6 rings (SSSR count). The number of benzene rings is 4. The summed E-state index contributed by atoms with van der Waals surface area (Å²) in [7, 11) is -2.53. The lowest BCUT2D eigenvalue weighted by molar-refractivity contribution is -0.122. The van der Waals surface area contributed by atoms with Gasteiger partial charge >= 0.3 is 0 Å². The molecule has 37 heavy (non-hydrogen) atoms. The number of amides is 1. The molecule has 7 nitrogen and oxygen atoms in total. The Morgan fingerprint density at radius 3 is 2.54 bits per heavy atom. The average Bonchev–Trinajstić information content (AvgIpc) is 3.34. The van der Waals surface area contributed by atoms with Crippen LogP contribution in [0.3, 0.4) is 0 Å². The molecule has 0 saturated heterocycles. The molecule has 0 radical (unpaired) electrons. The third-order valence-corrected chi connectivity index (χ3v) is 8.89. The molecule has 1 N–H and O–H groups in total. The third kappa shape index (κ3) is 4.06. The monoisotopic (exact) mass is 534 g/mol. The van der Waals surface area contributed by atoms with E-state index in [2.05, 4.69) is 11.4 Å². The van der Waals surface area contributed by atoms with Gasteiger partial charge in [-0.3, -0.25) is 9.10 Å². The van der Waals surface area contributed by atoms with Crippen LogP contribution in [0.5, 0.6) is 11.5 Å². The van der Waals surface area contributed by atoms with Crippen LogP contribution < -0.4 is 19.1 Å². The minimum Gasteiger partial charge on any atom is -0.497 e. The van der Waals surface area contributed by atoms with Crippen LogP contribution in [0.25, 0.3) is 10.8 Å².